The van der Waals surface area contributed by atoms with Crippen LogP contribution in [0.1, 0.15) is 18.9 Å². The van der Waals surface area contributed by atoms with Crippen molar-refractivity contribution in [2.75, 3.05) is 26.2 Å². The maximum Gasteiger partial charge on any atom is 0.226 e. The molecule has 0 spiro atoms. The van der Waals surface area contributed by atoms with Gasteiger partial charge in [0.15, 0.2) is 0 Å². The Balaban J connectivity index is 0.00000200. The van der Waals surface area contributed by atoms with Gasteiger partial charge in [-0.15, -0.1) is 12.4 Å². The first-order chi connectivity index (χ1) is 9.22. The zero-order valence-electron chi connectivity index (χ0n) is 11.9. The summed E-state index contributed by atoms with van der Waals surface area (Å²) in [6.07, 6.45) is 1.50. The van der Waals surface area contributed by atoms with Crippen molar-refractivity contribution in [1.29, 1.82) is 0 Å². The number of ether oxygens (including phenoxy) is 1. The lowest BCUT2D eigenvalue weighted by Crippen LogP contribution is -2.31. The Morgan fingerprint density at radius 2 is 2.10 bits per heavy atom. The first kappa shape index (κ1) is 16.8. The minimum atomic E-state index is 0. The Hall–Kier alpha value is -1.26. The maximum atomic E-state index is 12.1. The summed E-state index contributed by atoms with van der Waals surface area (Å²) in [6, 6.07) is 7.75. The summed E-state index contributed by atoms with van der Waals surface area (Å²) >= 11 is 0. The number of nitrogens with two attached hydrogens (primary N) is 1. The van der Waals surface area contributed by atoms with Crippen LogP contribution in [0.25, 0.3) is 0 Å². The largest absolute Gasteiger partial charge is 0.494 e. The molecule has 4 nitrogen and oxygen atoms in total. The monoisotopic (exact) mass is 298 g/mol. The van der Waals surface area contributed by atoms with E-state index >= 15 is 0 Å². The second-order valence-corrected chi connectivity index (χ2v) is 4.98. The van der Waals surface area contributed by atoms with E-state index < -0.39 is 0 Å². The van der Waals surface area contributed by atoms with Crippen molar-refractivity contribution in [3.63, 3.8) is 0 Å². The van der Waals surface area contributed by atoms with E-state index in [9.17, 15) is 4.79 Å². The molecule has 0 aliphatic carbocycles. The fourth-order valence-corrected chi connectivity index (χ4v) is 2.41. The third kappa shape index (κ3) is 4.39. The molecule has 2 N–H and O–H groups in total. The molecule has 1 aliphatic heterocycles. The highest BCUT2D eigenvalue weighted by atomic mass is 35.5. The van der Waals surface area contributed by atoms with Gasteiger partial charge in [-0.3, -0.25) is 4.79 Å². The molecular formula is C15H23ClN2O2. The molecule has 20 heavy (non-hydrogen) atoms. The molecule has 1 fully saturated rings. The number of likely N-dealkylation sites (tertiary alicyclic amines) is 1. The third-order valence-corrected chi connectivity index (χ3v) is 3.56. The minimum absolute atomic E-state index is 0. The van der Waals surface area contributed by atoms with Gasteiger partial charge in [0.2, 0.25) is 5.91 Å². The lowest BCUT2D eigenvalue weighted by atomic mass is 10.1. The van der Waals surface area contributed by atoms with Gasteiger partial charge in [0, 0.05) is 13.1 Å². The van der Waals surface area contributed by atoms with Crippen LogP contribution >= 0.6 is 12.4 Å². The SMILES string of the molecule is CCOc1ccc(CC(=O)N2CCC(CN)C2)cc1.Cl. The van der Waals surface area contributed by atoms with Gasteiger partial charge in [0.05, 0.1) is 13.0 Å². The Bertz CT molecular complexity index is 422. The average molecular weight is 299 g/mol. The van der Waals surface area contributed by atoms with Gasteiger partial charge in [-0.1, -0.05) is 12.1 Å². The number of nitrogens with zero attached hydrogens (tertiary/aromatic N) is 1. The second-order valence-electron chi connectivity index (χ2n) is 4.98. The van der Waals surface area contributed by atoms with Gasteiger partial charge in [-0.05, 0) is 43.5 Å². The molecule has 2 rings (SSSR count). The molecule has 1 heterocycles. The van der Waals surface area contributed by atoms with Gasteiger partial charge in [-0.25, -0.2) is 0 Å². The van der Waals surface area contributed by atoms with Crippen molar-refractivity contribution in [2.45, 2.75) is 19.8 Å². The van der Waals surface area contributed by atoms with E-state index in [2.05, 4.69) is 0 Å². The molecule has 1 aromatic carbocycles. The maximum absolute atomic E-state index is 12.1. The number of carbonyl (C=O) groups excluding carboxylic acids is 1. The second kappa shape index (κ2) is 8.12. The molecule has 5 heteroatoms. The van der Waals surface area contributed by atoms with Crippen LogP contribution in [0.5, 0.6) is 5.75 Å². The van der Waals surface area contributed by atoms with Crippen LogP contribution in [0.3, 0.4) is 0 Å². The van der Waals surface area contributed by atoms with E-state index in [0.29, 0.717) is 25.5 Å². The van der Waals surface area contributed by atoms with E-state index in [1.165, 1.54) is 0 Å². The zero-order chi connectivity index (χ0) is 13.7. The van der Waals surface area contributed by atoms with Crippen molar-refractivity contribution in [3.05, 3.63) is 29.8 Å². The summed E-state index contributed by atoms with van der Waals surface area (Å²) in [4.78, 5) is 14.1. The lowest BCUT2D eigenvalue weighted by molar-refractivity contribution is -0.129. The van der Waals surface area contributed by atoms with Crippen LogP contribution < -0.4 is 10.5 Å². The topological polar surface area (TPSA) is 55.6 Å². The van der Waals surface area contributed by atoms with Gasteiger partial charge in [0.1, 0.15) is 5.75 Å². The number of amides is 1. The number of carbonyl (C=O) groups is 1. The highest BCUT2D eigenvalue weighted by Crippen LogP contribution is 2.17. The van der Waals surface area contributed by atoms with Crippen molar-refractivity contribution in [3.8, 4) is 5.75 Å². The van der Waals surface area contributed by atoms with Crippen LogP contribution in [0.2, 0.25) is 0 Å². The Morgan fingerprint density at radius 1 is 1.40 bits per heavy atom. The van der Waals surface area contributed by atoms with Crippen molar-refractivity contribution < 1.29 is 9.53 Å². The normalized spacial score (nSPS) is 17.7. The fraction of sp³-hybridized carbons (Fsp3) is 0.533. The molecule has 1 aromatic rings. The predicted octanol–water partition coefficient (Wildman–Crippen LogP) is 1.86. The summed E-state index contributed by atoms with van der Waals surface area (Å²) in [6.45, 7) is 4.95. The lowest BCUT2D eigenvalue weighted by Gasteiger charge is -2.16. The van der Waals surface area contributed by atoms with Gasteiger partial charge < -0.3 is 15.4 Å². The van der Waals surface area contributed by atoms with Crippen molar-refractivity contribution in [1.82, 2.24) is 4.90 Å². The van der Waals surface area contributed by atoms with Crippen LogP contribution in [-0.2, 0) is 11.2 Å². The Labute approximate surface area is 126 Å². The molecule has 1 amide bonds. The summed E-state index contributed by atoms with van der Waals surface area (Å²) < 4.78 is 5.38. The van der Waals surface area contributed by atoms with E-state index in [1.807, 2.05) is 36.1 Å². The quantitative estimate of drug-likeness (QED) is 0.903. The Kier molecular flexibility index (Phi) is 6.82. The predicted molar refractivity (Wildman–Crippen MR) is 82.3 cm³/mol. The summed E-state index contributed by atoms with van der Waals surface area (Å²) in [5.74, 6) is 1.52. The number of hydrogen-bond acceptors (Lipinski definition) is 3. The first-order valence-corrected chi connectivity index (χ1v) is 6.92. The summed E-state index contributed by atoms with van der Waals surface area (Å²) in [5, 5.41) is 0. The molecule has 0 bridgehead atoms. The van der Waals surface area contributed by atoms with Gasteiger partial charge in [0.25, 0.3) is 0 Å². The average Bonchev–Trinajstić information content (AvgIpc) is 2.90. The molecule has 1 unspecified atom stereocenters. The summed E-state index contributed by atoms with van der Waals surface area (Å²) in [7, 11) is 0. The third-order valence-electron chi connectivity index (χ3n) is 3.56. The van der Waals surface area contributed by atoms with Crippen molar-refractivity contribution in [2.24, 2.45) is 11.7 Å². The molecular weight excluding hydrogens is 276 g/mol. The number of halogens is 1. The number of hydrogen-bond donors (Lipinski definition) is 1. The van der Waals surface area contributed by atoms with E-state index in [-0.39, 0.29) is 18.3 Å². The van der Waals surface area contributed by atoms with Crippen LogP contribution in [-0.4, -0.2) is 37.0 Å². The molecule has 112 valence electrons. The molecule has 0 radical (unpaired) electrons. The minimum Gasteiger partial charge on any atom is -0.494 e. The smallest absolute Gasteiger partial charge is 0.226 e. The Morgan fingerprint density at radius 3 is 2.65 bits per heavy atom. The number of benzene rings is 1. The standard InChI is InChI=1S/C15H22N2O2.ClH/c1-2-19-14-5-3-12(4-6-14)9-15(18)17-8-7-13(10-16)11-17;/h3-6,13H,2,7-11,16H2,1H3;1H. The molecule has 1 saturated heterocycles. The van der Waals surface area contributed by atoms with E-state index in [1.54, 1.807) is 0 Å². The van der Waals surface area contributed by atoms with E-state index in [0.717, 1.165) is 30.8 Å². The van der Waals surface area contributed by atoms with Gasteiger partial charge in [-0.2, -0.15) is 0 Å². The van der Waals surface area contributed by atoms with Crippen LogP contribution in [0, 0.1) is 5.92 Å². The molecule has 1 atom stereocenters. The highest BCUT2D eigenvalue weighted by Gasteiger charge is 2.24. The summed E-state index contributed by atoms with van der Waals surface area (Å²) in [5.41, 5.74) is 6.67. The fourth-order valence-electron chi connectivity index (χ4n) is 2.41. The first-order valence-electron chi connectivity index (χ1n) is 6.92. The highest BCUT2D eigenvalue weighted by molar-refractivity contribution is 5.85. The molecule has 0 aromatic heterocycles. The zero-order valence-corrected chi connectivity index (χ0v) is 12.7. The van der Waals surface area contributed by atoms with Crippen LogP contribution in [0.15, 0.2) is 24.3 Å². The molecule has 0 saturated carbocycles. The van der Waals surface area contributed by atoms with Gasteiger partial charge >= 0.3 is 0 Å². The van der Waals surface area contributed by atoms with Crippen molar-refractivity contribution >= 4 is 18.3 Å². The van der Waals surface area contributed by atoms with Crippen LogP contribution in [0.4, 0.5) is 0 Å². The molecule has 1 aliphatic rings. The van der Waals surface area contributed by atoms with E-state index in [4.69, 9.17) is 10.5 Å². The number of rotatable bonds is 5.